The highest BCUT2D eigenvalue weighted by Crippen LogP contribution is 2.30. The van der Waals surface area contributed by atoms with Gasteiger partial charge in [-0.15, -0.1) is 0 Å². The number of oxazole rings is 1. The number of nitrogens with zero attached hydrogens (tertiary/aromatic N) is 2. The number of amides is 1. The number of rotatable bonds is 5. The number of aryl methyl sites for hydroxylation is 1. The second kappa shape index (κ2) is 8.10. The van der Waals surface area contributed by atoms with Crippen molar-refractivity contribution < 1.29 is 17.6 Å². The summed E-state index contributed by atoms with van der Waals surface area (Å²) in [5.41, 5.74) is 1.40. The summed E-state index contributed by atoms with van der Waals surface area (Å²) in [5.74, 6) is -1.23. The lowest BCUT2D eigenvalue weighted by Crippen LogP contribution is -2.40. The molecule has 1 amide bonds. The molecule has 1 heterocycles. The summed E-state index contributed by atoms with van der Waals surface area (Å²) in [5, 5.41) is 0. The van der Waals surface area contributed by atoms with Crippen LogP contribution in [0.1, 0.15) is 37.7 Å². The first-order chi connectivity index (χ1) is 14.4. The Morgan fingerprint density at radius 3 is 2.50 bits per heavy atom. The van der Waals surface area contributed by atoms with Gasteiger partial charge in [0.25, 0.3) is 10.0 Å². The molecule has 0 unspecified atom stereocenters. The van der Waals surface area contributed by atoms with Crippen LogP contribution in [0.3, 0.4) is 0 Å². The smallest absolute Gasteiger partial charge is 0.408 e. The van der Waals surface area contributed by atoms with Gasteiger partial charge in [0.2, 0.25) is 5.91 Å². The number of hydrogen-bond acceptors (Lipinski definition) is 5. The third-order valence-electron chi connectivity index (χ3n) is 5.72. The maximum atomic E-state index is 13.5. The van der Waals surface area contributed by atoms with E-state index in [1.165, 1.54) is 22.8 Å². The maximum Gasteiger partial charge on any atom is 0.419 e. The average Bonchev–Trinajstić information content (AvgIpc) is 3.06. The van der Waals surface area contributed by atoms with Crippen LogP contribution >= 0.6 is 0 Å². The molecule has 4 rings (SSSR count). The molecule has 8 heteroatoms. The lowest BCUT2D eigenvalue weighted by atomic mass is 9.88. The summed E-state index contributed by atoms with van der Waals surface area (Å²) in [4.78, 5) is 25.0. The summed E-state index contributed by atoms with van der Waals surface area (Å²) in [6.07, 6.45) is 4.32. The van der Waals surface area contributed by atoms with E-state index in [-0.39, 0.29) is 28.8 Å². The number of hydrogen-bond donors (Lipinski definition) is 0. The molecule has 7 nitrogen and oxygen atoms in total. The zero-order valence-corrected chi connectivity index (χ0v) is 17.6. The third kappa shape index (κ3) is 3.79. The lowest BCUT2D eigenvalue weighted by molar-refractivity contribution is -0.132. The van der Waals surface area contributed by atoms with E-state index in [2.05, 4.69) is 0 Å². The standard InChI is InChI=1S/C22H24N2O5S/c1-23-19-13-12-18(14-20(19)29-22(23)26)30(27,28)24(15-16-8-4-2-5-9-16)21(25)17-10-6-3-7-11-17/h2,4-5,8-9,12-14,17H,3,6-7,10-11,15H2,1H3. The molecule has 3 aromatic rings. The first-order valence-corrected chi connectivity index (χ1v) is 11.5. The number of carbonyl (C=O) groups is 1. The van der Waals surface area contributed by atoms with Crippen LogP contribution in [0.5, 0.6) is 0 Å². The van der Waals surface area contributed by atoms with Crippen molar-refractivity contribution in [2.45, 2.75) is 43.5 Å². The highest BCUT2D eigenvalue weighted by molar-refractivity contribution is 7.89. The van der Waals surface area contributed by atoms with E-state index >= 15 is 0 Å². The Bertz CT molecular complexity index is 1220. The summed E-state index contributed by atoms with van der Waals surface area (Å²) in [6.45, 7) is -0.0325. The fraction of sp³-hybridized carbons (Fsp3) is 0.364. The molecule has 0 bridgehead atoms. The minimum absolute atomic E-state index is 0.0325. The molecule has 1 aliphatic carbocycles. The monoisotopic (exact) mass is 428 g/mol. The molecule has 0 N–H and O–H groups in total. The molecular formula is C22H24N2O5S. The normalized spacial score (nSPS) is 15.4. The third-order valence-corrected chi connectivity index (χ3v) is 7.46. The van der Waals surface area contributed by atoms with E-state index < -0.39 is 15.8 Å². The van der Waals surface area contributed by atoms with Crippen LogP contribution in [0.4, 0.5) is 0 Å². The minimum Gasteiger partial charge on any atom is -0.408 e. The minimum atomic E-state index is -4.13. The average molecular weight is 429 g/mol. The van der Waals surface area contributed by atoms with Gasteiger partial charge in [-0.05, 0) is 30.5 Å². The Morgan fingerprint density at radius 1 is 1.10 bits per heavy atom. The molecule has 0 radical (unpaired) electrons. The Morgan fingerprint density at radius 2 is 1.80 bits per heavy atom. The second-order valence-electron chi connectivity index (χ2n) is 7.73. The van der Waals surface area contributed by atoms with Crippen LogP contribution in [0, 0.1) is 5.92 Å². The molecule has 30 heavy (non-hydrogen) atoms. The Hall–Kier alpha value is -2.87. The van der Waals surface area contributed by atoms with Crippen LogP contribution < -0.4 is 5.76 Å². The molecule has 158 valence electrons. The number of benzene rings is 2. The van der Waals surface area contributed by atoms with Crippen LogP contribution in [0.25, 0.3) is 11.1 Å². The molecule has 2 aromatic carbocycles. The van der Waals surface area contributed by atoms with Crippen molar-refractivity contribution in [1.29, 1.82) is 0 Å². The number of fused-ring (bicyclic) bond motifs is 1. The first-order valence-electron chi connectivity index (χ1n) is 10.1. The van der Waals surface area contributed by atoms with Gasteiger partial charge < -0.3 is 4.42 Å². The van der Waals surface area contributed by atoms with Gasteiger partial charge in [0, 0.05) is 19.0 Å². The van der Waals surface area contributed by atoms with E-state index in [0.717, 1.165) is 29.1 Å². The molecule has 0 saturated heterocycles. The number of sulfonamides is 1. The van der Waals surface area contributed by atoms with Crippen molar-refractivity contribution >= 4 is 27.0 Å². The fourth-order valence-electron chi connectivity index (χ4n) is 3.99. The summed E-state index contributed by atoms with van der Waals surface area (Å²) >= 11 is 0. The van der Waals surface area contributed by atoms with Gasteiger partial charge in [0.05, 0.1) is 17.0 Å². The SMILES string of the molecule is Cn1c(=O)oc2cc(S(=O)(=O)N(Cc3ccccc3)C(=O)C3CCCCC3)ccc21. The predicted molar refractivity (Wildman–Crippen MR) is 112 cm³/mol. The largest absolute Gasteiger partial charge is 0.419 e. The number of carbonyl (C=O) groups excluding carboxylic acids is 1. The highest BCUT2D eigenvalue weighted by atomic mass is 32.2. The predicted octanol–water partition coefficient (Wildman–Crippen LogP) is 3.43. The molecule has 1 fully saturated rings. The summed E-state index contributed by atoms with van der Waals surface area (Å²) < 4.78 is 34.5. The molecule has 0 spiro atoms. The van der Waals surface area contributed by atoms with Crippen molar-refractivity contribution in [1.82, 2.24) is 8.87 Å². The van der Waals surface area contributed by atoms with Crippen molar-refractivity contribution in [3.05, 3.63) is 64.6 Å². The highest BCUT2D eigenvalue weighted by Gasteiger charge is 2.35. The Kier molecular flexibility index (Phi) is 5.51. The van der Waals surface area contributed by atoms with E-state index in [9.17, 15) is 18.0 Å². The van der Waals surface area contributed by atoms with Gasteiger partial charge in [0.15, 0.2) is 5.58 Å². The van der Waals surface area contributed by atoms with Crippen molar-refractivity contribution in [3.63, 3.8) is 0 Å². The summed E-state index contributed by atoms with van der Waals surface area (Å²) in [6, 6.07) is 13.3. The van der Waals surface area contributed by atoms with Crippen LogP contribution in [-0.2, 0) is 28.4 Å². The molecule has 0 atom stereocenters. The van der Waals surface area contributed by atoms with E-state index in [1.807, 2.05) is 18.2 Å². The number of aromatic nitrogens is 1. The van der Waals surface area contributed by atoms with E-state index in [1.54, 1.807) is 19.2 Å². The Labute approximate surface area is 175 Å². The van der Waals surface area contributed by atoms with Crippen LogP contribution in [0.15, 0.2) is 62.6 Å². The molecule has 1 aliphatic rings. The Balaban J connectivity index is 1.75. The van der Waals surface area contributed by atoms with E-state index in [0.29, 0.717) is 18.4 Å². The topological polar surface area (TPSA) is 89.6 Å². The van der Waals surface area contributed by atoms with Gasteiger partial charge in [-0.1, -0.05) is 49.6 Å². The quantitative estimate of drug-likeness (QED) is 0.621. The molecule has 1 saturated carbocycles. The van der Waals surface area contributed by atoms with E-state index in [4.69, 9.17) is 4.42 Å². The summed E-state index contributed by atoms with van der Waals surface area (Å²) in [7, 11) is -2.58. The fourth-order valence-corrected chi connectivity index (χ4v) is 5.44. The van der Waals surface area contributed by atoms with Crippen molar-refractivity contribution in [2.24, 2.45) is 13.0 Å². The van der Waals surface area contributed by atoms with Crippen molar-refractivity contribution in [3.8, 4) is 0 Å². The molecule has 1 aromatic heterocycles. The molecule has 0 aliphatic heterocycles. The van der Waals surface area contributed by atoms with Gasteiger partial charge in [-0.3, -0.25) is 9.36 Å². The second-order valence-corrected chi connectivity index (χ2v) is 9.59. The van der Waals surface area contributed by atoms with Crippen molar-refractivity contribution in [2.75, 3.05) is 0 Å². The van der Waals surface area contributed by atoms with Gasteiger partial charge in [-0.2, -0.15) is 0 Å². The van der Waals surface area contributed by atoms with Crippen LogP contribution in [0.2, 0.25) is 0 Å². The van der Waals surface area contributed by atoms with Gasteiger partial charge >= 0.3 is 5.76 Å². The maximum absolute atomic E-state index is 13.5. The lowest BCUT2D eigenvalue weighted by Gasteiger charge is -2.29. The first kappa shape index (κ1) is 20.4. The zero-order chi connectivity index (χ0) is 21.3. The van der Waals surface area contributed by atoms with Gasteiger partial charge in [0.1, 0.15) is 0 Å². The zero-order valence-electron chi connectivity index (χ0n) is 16.8. The van der Waals surface area contributed by atoms with Crippen LogP contribution in [-0.4, -0.2) is 23.2 Å². The van der Waals surface area contributed by atoms with Gasteiger partial charge in [-0.25, -0.2) is 17.5 Å². The molecular weight excluding hydrogens is 404 g/mol.